The molecule has 0 radical (unpaired) electrons. The van der Waals surface area contributed by atoms with Crippen molar-refractivity contribution in [1.29, 1.82) is 0 Å². The highest BCUT2D eigenvalue weighted by atomic mass is 35.5. The van der Waals surface area contributed by atoms with E-state index in [1.54, 1.807) is 7.11 Å². The molecule has 3 atom stereocenters. The minimum atomic E-state index is -0.242. The van der Waals surface area contributed by atoms with Gasteiger partial charge in [-0.05, 0) is 60.4 Å². The number of ether oxygens (including phenoxy) is 2. The van der Waals surface area contributed by atoms with E-state index in [9.17, 15) is 4.79 Å². The fraction of sp³-hybridized carbons (Fsp3) is 0.286. The predicted molar refractivity (Wildman–Crippen MR) is 134 cm³/mol. The smallest absolute Gasteiger partial charge is 0.225 e. The fourth-order valence-corrected chi connectivity index (χ4v) is 5.03. The monoisotopic (exact) mass is 474 g/mol. The Balaban J connectivity index is 1.41. The van der Waals surface area contributed by atoms with Crippen LogP contribution >= 0.6 is 11.6 Å². The molecule has 0 saturated heterocycles. The molecule has 174 valence electrons. The van der Waals surface area contributed by atoms with E-state index in [2.05, 4.69) is 12.1 Å². The van der Waals surface area contributed by atoms with Gasteiger partial charge in [0.15, 0.2) is 0 Å². The Hall–Kier alpha value is -3.31. The van der Waals surface area contributed by atoms with Crippen LogP contribution in [0.25, 0.3) is 0 Å². The van der Waals surface area contributed by atoms with Gasteiger partial charge in [0.2, 0.25) is 11.8 Å². The number of nitrogens with zero attached hydrogens (tertiary/aromatic N) is 2. The Labute approximate surface area is 205 Å². The van der Waals surface area contributed by atoms with Gasteiger partial charge in [-0.2, -0.15) is 0 Å². The van der Waals surface area contributed by atoms with E-state index in [-0.39, 0.29) is 30.5 Å². The minimum Gasteiger partial charge on any atom is -0.497 e. The highest BCUT2D eigenvalue weighted by molar-refractivity contribution is 6.31. The van der Waals surface area contributed by atoms with E-state index in [1.807, 2.05) is 72.5 Å². The predicted octanol–water partition coefficient (Wildman–Crippen LogP) is 5.45. The Morgan fingerprint density at radius 2 is 1.76 bits per heavy atom. The summed E-state index contributed by atoms with van der Waals surface area (Å²) in [7, 11) is 1.64. The molecule has 0 unspecified atom stereocenters. The zero-order chi connectivity index (χ0) is 23.7. The lowest BCUT2D eigenvalue weighted by Crippen LogP contribution is -2.42. The molecular formula is C28H27ClN2O3. The van der Waals surface area contributed by atoms with Crippen molar-refractivity contribution in [3.8, 4) is 5.75 Å². The van der Waals surface area contributed by atoms with Gasteiger partial charge in [0.25, 0.3) is 0 Å². The number of hydrogen-bond donors (Lipinski definition) is 0. The summed E-state index contributed by atoms with van der Waals surface area (Å²) >= 11 is 6.61. The summed E-state index contributed by atoms with van der Waals surface area (Å²) in [6.45, 7) is 2.61. The summed E-state index contributed by atoms with van der Waals surface area (Å²) in [4.78, 5) is 20.4. The Morgan fingerprint density at radius 1 is 1.06 bits per heavy atom. The quantitative estimate of drug-likeness (QED) is 0.494. The number of carbonyl (C=O) groups excluding carboxylic acids is 1. The number of aliphatic imine (C=N–C) groups is 1. The average molecular weight is 475 g/mol. The van der Waals surface area contributed by atoms with Gasteiger partial charge < -0.3 is 14.4 Å². The third kappa shape index (κ3) is 4.28. The van der Waals surface area contributed by atoms with Crippen LogP contribution in [-0.4, -0.2) is 42.5 Å². The number of benzene rings is 3. The van der Waals surface area contributed by atoms with E-state index in [0.717, 1.165) is 28.9 Å². The number of carbonyl (C=O) groups is 1. The van der Waals surface area contributed by atoms with Crippen molar-refractivity contribution in [3.05, 3.63) is 100 Å². The van der Waals surface area contributed by atoms with Crippen molar-refractivity contribution in [2.75, 3.05) is 13.7 Å². The zero-order valence-electron chi connectivity index (χ0n) is 19.3. The lowest BCUT2D eigenvalue weighted by molar-refractivity contribution is -0.134. The van der Waals surface area contributed by atoms with Gasteiger partial charge in [-0.25, -0.2) is 4.99 Å². The maximum atomic E-state index is 13.7. The van der Waals surface area contributed by atoms with Gasteiger partial charge in [-0.15, -0.1) is 0 Å². The van der Waals surface area contributed by atoms with Crippen molar-refractivity contribution < 1.29 is 14.3 Å². The van der Waals surface area contributed by atoms with E-state index in [4.69, 9.17) is 26.1 Å². The topological polar surface area (TPSA) is 51.1 Å². The van der Waals surface area contributed by atoms with Crippen molar-refractivity contribution >= 4 is 23.4 Å². The molecule has 0 spiro atoms. The second-order valence-corrected chi connectivity index (χ2v) is 9.12. The van der Waals surface area contributed by atoms with Crippen molar-refractivity contribution in [1.82, 2.24) is 4.90 Å². The molecule has 2 aliphatic rings. The van der Waals surface area contributed by atoms with Crippen LogP contribution in [0, 0.1) is 0 Å². The molecule has 0 N–H and O–H groups in total. The van der Waals surface area contributed by atoms with Crippen molar-refractivity contribution in [2.24, 2.45) is 4.99 Å². The van der Waals surface area contributed by atoms with E-state index in [1.165, 1.54) is 5.56 Å². The summed E-state index contributed by atoms with van der Waals surface area (Å²) in [5, 5.41) is 0.666. The van der Waals surface area contributed by atoms with Crippen LogP contribution in [0.1, 0.15) is 41.6 Å². The van der Waals surface area contributed by atoms with Crippen LogP contribution in [0.2, 0.25) is 5.02 Å². The molecule has 0 bridgehead atoms. The zero-order valence-corrected chi connectivity index (χ0v) is 20.0. The molecule has 2 heterocycles. The maximum Gasteiger partial charge on any atom is 0.225 e. The number of rotatable bonds is 5. The molecule has 1 amide bonds. The van der Waals surface area contributed by atoms with Crippen LogP contribution in [-0.2, 0) is 16.0 Å². The number of halogens is 1. The Morgan fingerprint density at radius 3 is 2.50 bits per heavy atom. The first-order chi connectivity index (χ1) is 16.5. The summed E-state index contributed by atoms with van der Waals surface area (Å²) in [5.74, 6) is 1.40. The molecular weight excluding hydrogens is 448 g/mol. The lowest BCUT2D eigenvalue weighted by atomic mass is 9.87. The molecule has 3 aromatic carbocycles. The van der Waals surface area contributed by atoms with Gasteiger partial charge in [-0.1, -0.05) is 54.1 Å². The van der Waals surface area contributed by atoms with Gasteiger partial charge in [0, 0.05) is 17.1 Å². The Bertz CT molecular complexity index is 1220. The highest BCUT2D eigenvalue weighted by Gasteiger charge is 2.36. The van der Waals surface area contributed by atoms with Crippen molar-refractivity contribution in [3.63, 3.8) is 0 Å². The van der Waals surface area contributed by atoms with Gasteiger partial charge in [0.1, 0.15) is 11.9 Å². The molecule has 5 rings (SSSR count). The van der Waals surface area contributed by atoms with E-state index >= 15 is 0 Å². The molecule has 0 saturated carbocycles. The number of amides is 1. The Kier molecular flexibility index (Phi) is 6.29. The maximum absolute atomic E-state index is 13.7. The van der Waals surface area contributed by atoms with Gasteiger partial charge >= 0.3 is 0 Å². The summed E-state index contributed by atoms with van der Waals surface area (Å²) < 4.78 is 11.3. The number of fused-ring (bicyclic) bond motifs is 1. The van der Waals surface area contributed by atoms with Crippen LogP contribution in [0.4, 0.5) is 0 Å². The SMILES string of the molecule is COc1ccc(C2=N[C@H](CC(=O)N3CCc4ccccc4[C@@H]3c3ccccc3Cl)[C@@H](C)O2)cc1. The molecule has 2 aliphatic heterocycles. The lowest BCUT2D eigenvalue weighted by Gasteiger charge is -2.38. The first kappa shape index (κ1) is 22.5. The normalized spacial score (nSPS) is 21.4. The molecule has 0 fully saturated rings. The van der Waals surface area contributed by atoms with Gasteiger partial charge in [-0.3, -0.25) is 4.79 Å². The molecule has 0 aliphatic carbocycles. The molecule has 0 aromatic heterocycles. The summed E-state index contributed by atoms with van der Waals surface area (Å²) in [6, 6.07) is 23.2. The van der Waals surface area contributed by atoms with Crippen LogP contribution in [0.3, 0.4) is 0 Å². The second-order valence-electron chi connectivity index (χ2n) is 8.72. The summed E-state index contributed by atoms with van der Waals surface area (Å²) in [5.41, 5.74) is 4.22. The van der Waals surface area contributed by atoms with Crippen LogP contribution < -0.4 is 4.74 Å². The second kappa shape index (κ2) is 9.51. The van der Waals surface area contributed by atoms with Crippen molar-refractivity contribution in [2.45, 2.75) is 38.0 Å². The fourth-order valence-electron chi connectivity index (χ4n) is 4.79. The standard InChI is InChI=1S/C28H27ClN2O3/c1-18-25(30-28(34-18)20-11-13-21(33-2)14-12-20)17-26(32)31-16-15-19-7-3-4-8-22(19)27(31)23-9-5-6-10-24(23)29/h3-14,18,25,27H,15-17H2,1-2H3/t18-,25-,27-/m1/s1. The third-order valence-electron chi connectivity index (χ3n) is 6.65. The van der Waals surface area contributed by atoms with E-state index in [0.29, 0.717) is 17.5 Å². The van der Waals surface area contributed by atoms with Crippen LogP contribution in [0.5, 0.6) is 5.75 Å². The minimum absolute atomic E-state index is 0.0552. The summed E-state index contributed by atoms with van der Waals surface area (Å²) in [6.07, 6.45) is 0.918. The molecule has 5 nitrogen and oxygen atoms in total. The molecule has 3 aromatic rings. The van der Waals surface area contributed by atoms with Gasteiger partial charge in [0.05, 0.1) is 25.6 Å². The first-order valence-electron chi connectivity index (χ1n) is 11.6. The number of hydrogen-bond acceptors (Lipinski definition) is 4. The molecule has 34 heavy (non-hydrogen) atoms. The number of methoxy groups -OCH3 is 1. The van der Waals surface area contributed by atoms with E-state index < -0.39 is 0 Å². The third-order valence-corrected chi connectivity index (χ3v) is 6.99. The van der Waals surface area contributed by atoms with Crippen LogP contribution in [0.15, 0.2) is 77.8 Å². The molecule has 6 heteroatoms. The first-order valence-corrected chi connectivity index (χ1v) is 11.9. The highest BCUT2D eigenvalue weighted by Crippen LogP contribution is 2.39. The average Bonchev–Trinajstić information content (AvgIpc) is 3.23. The largest absolute Gasteiger partial charge is 0.497 e.